The number of hydrogen-bond acceptors (Lipinski definition) is 10. The first-order valence-corrected chi connectivity index (χ1v) is 9.37. The topological polar surface area (TPSA) is 174 Å². The first-order chi connectivity index (χ1) is 14.7. The van der Waals surface area contributed by atoms with Crippen LogP contribution in [-0.4, -0.2) is 79.5 Å². The summed E-state index contributed by atoms with van der Waals surface area (Å²) in [5.74, 6) is -2.93. The van der Waals surface area contributed by atoms with Gasteiger partial charge in [-0.05, 0) is 0 Å². The van der Waals surface area contributed by atoms with Gasteiger partial charge in [0.25, 0.3) is 0 Å². The van der Waals surface area contributed by atoms with Crippen molar-refractivity contribution in [1.29, 1.82) is 0 Å². The first-order valence-electron chi connectivity index (χ1n) is 9.37. The van der Waals surface area contributed by atoms with E-state index in [1.807, 2.05) is 0 Å². The van der Waals surface area contributed by atoms with Crippen LogP contribution in [0.25, 0.3) is 0 Å². The summed E-state index contributed by atoms with van der Waals surface area (Å²) in [5, 5.41) is 59.2. The number of aliphatic hydroxyl groups is 4. The number of phenolic OH excluding ortho intramolecular Hbond substituents is 2. The van der Waals surface area contributed by atoms with Gasteiger partial charge in [0, 0.05) is 17.7 Å². The van der Waals surface area contributed by atoms with Gasteiger partial charge in [0.15, 0.2) is 11.6 Å². The summed E-state index contributed by atoms with van der Waals surface area (Å²) < 4.78 is 10.6. The van der Waals surface area contributed by atoms with Crippen molar-refractivity contribution in [2.24, 2.45) is 0 Å². The number of carbonyl (C=O) groups is 2. The maximum Gasteiger partial charge on any atom is 0.229 e. The molecule has 1 fully saturated rings. The van der Waals surface area contributed by atoms with E-state index in [1.165, 1.54) is 12.1 Å². The molecule has 1 aliphatic rings. The van der Waals surface area contributed by atoms with Crippen LogP contribution in [0.5, 0.6) is 17.2 Å². The number of rotatable bonds is 7. The molecule has 0 unspecified atom stereocenters. The highest BCUT2D eigenvalue weighted by molar-refractivity contribution is 6.15. The smallest absolute Gasteiger partial charge is 0.229 e. The molecule has 0 amide bonds. The summed E-state index contributed by atoms with van der Waals surface area (Å²) in [6.45, 7) is -0.701. The molecule has 166 valence electrons. The van der Waals surface area contributed by atoms with E-state index < -0.39 is 78.1 Å². The quantitative estimate of drug-likeness (QED) is 0.251. The van der Waals surface area contributed by atoms with E-state index in [0.29, 0.717) is 0 Å². The predicted molar refractivity (Wildman–Crippen MR) is 104 cm³/mol. The monoisotopic (exact) mass is 434 g/mol. The van der Waals surface area contributed by atoms with Gasteiger partial charge in [0.2, 0.25) is 6.29 Å². The zero-order valence-corrected chi connectivity index (χ0v) is 16.2. The van der Waals surface area contributed by atoms with Crippen LogP contribution >= 0.6 is 0 Å². The van der Waals surface area contributed by atoms with Crippen molar-refractivity contribution in [3.05, 3.63) is 53.6 Å². The Hall–Kier alpha value is -3.02. The molecule has 2 aromatic carbocycles. The number of aliphatic hydroxyl groups excluding tert-OH is 4. The lowest BCUT2D eigenvalue weighted by atomic mass is 9.98. The predicted octanol–water partition coefficient (Wildman–Crippen LogP) is -0.268. The Morgan fingerprint density at radius 2 is 1.61 bits per heavy atom. The fraction of sp³-hybridized carbons (Fsp3) is 0.333. The Labute approximate surface area is 176 Å². The summed E-state index contributed by atoms with van der Waals surface area (Å²) >= 11 is 0. The Morgan fingerprint density at radius 3 is 2.26 bits per heavy atom. The lowest BCUT2D eigenvalue weighted by molar-refractivity contribution is -0.277. The Balaban J connectivity index is 1.87. The van der Waals surface area contributed by atoms with Crippen molar-refractivity contribution in [2.45, 2.75) is 37.1 Å². The van der Waals surface area contributed by atoms with Crippen LogP contribution in [0, 0.1) is 0 Å². The van der Waals surface area contributed by atoms with E-state index in [4.69, 9.17) is 9.47 Å². The van der Waals surface area contributed by atoms with Crippen molar-refractivity contribution in [1.82, 2.24) is 0 Å². The van der Waals surface area contributed by atoms with E-state index in [9.17, 15) is 40.2 Å². The maximum absolute atomic E-state index is 12.8. The molecule has 0 radical (unpaired) electrons. The van der Waals surface area contributed by atoms with Gasteiger partial charge in [-0.1, -0.05) is 30.3 Å². The highest BCUT2D eigenvalue weighted by Gasteiger charge is 2.45. The molecule has 0 saturated carbocycles. The molecule has 1 saturated heterocycles. The maximum atomic E-state index is 12.8. The fourth-order valence-corrected chi connectivity index (χ4v) is 3.21. The summed E-state index contributed by atoms with van der Waals surface area (Å²) in [5.41, 5.74) is -0.162. The zero-order chi connectivity index (χ0) is 22.7. The van der Waals surface area contributed by atoms with E-state index >= 15 is 0 Å². The Bertz CT molecular complexity index is 943. The molecule has 6 N–H and O–H groups in total. The number of ether oxygens (including phenoxy) is 2. The highest BCUT2D eigenvalue weighted by atomic mass is 16.7. The van der Waals surface area contributed by atoms with Crippen molar-refractivity contribution in [3.63, 3.8) is 0 Å². The molecule has 5 atom stereocenters. The lowest BCUT2D eigenvalue weighted by Gasteiger charge is -2.39. The van der Waals surface area contributed by atoms with Crippen LogP contribution in [0.1, 0.15) is 27.1 Å². The van der Waals surface area contributed by atoms with E-state index in [1.54, 1.807) is 18.2 Å². The van der Waals surface area contributed by atoms with E-state index in [-0.39, 0.29) is 5.56 Å². The van der Waals surface area contributed by atoms with E-state index in [0.717, 1.165) is 12.1 Å². The van der Waals surface area contributed by atoms with Gasteiger partial charge in [-0.15, -0.1) is 0 Å². The third-order valence-electron chi connectivity index (χ3n) is 4.85. The van der Waals surface area contributed by atoms with Gasteiger partial charge >= 0.3 is 0 Å². The largest absolute Gasteiger partial charge is 0.508 e. The number of phenols is 2. The number of aromatic hydroxyl groups is 2. The number of benzene rings is 2. The molecule has 10 heteroatoms. The van der Waals surface area contributed by atoms with Crippen molar-refractivity contribution in [2.75, 3.05) is 6.61 Å². The molecular formula is C21H22O10. The minimum Gasteiger partial charge on any atom is -0.508 e. The lowest BCUT2D eigenvalue weighted by Crippen LogP contribution is -2.60. The van der Waals surface area contributed by atoms with Crippen LogP contribution in [0.4, 0.5) is 0 Å². The second-order valence-corrected chi connectivity index (χ2v) is 7.04. The average Bonchev–Trinajstić information content (AvgIpc) is 2.74. The minimum absolute atomic E-state index is 0.283. The second kappa shape index (κ2) is 9.41. The van der Waals surface area contributed by atoms with Crippen LogP contribution in [0.3, 0.4) is 0 Å². The normalized spacial score (nSPS) is 25.7. The van der Waals surface area contributed by atoms with Crippen LogP contribution in [-0.2, 0) is 4.74 Å². The number of Topliss-reactive ketones (excluding diaryl/α,β-unsaturated/α-hetero) is 2. The standard InChI is InChI=1S/C21H22O10/c22-9-16-18(27)19(28)20(29)21(31-16)30-15-7-11(23)6-13(25)17(15)14(26)8-12(24)10-4-2-1-3-5-10/h1-7,16,18-23,25,27-29H,8-9H2/t16-,18-,19+,20+,21-/m1/s1. The minimum atomic E-state index is -1.78. The summed E-state index contributed by atoms with van der Waals surface area (Å²) in [7, 11) is 0. The van der Waals surface area contributed by atoms with Crippen LogP contribution in [0.2, 0.25) is 0 Å². The van der Waals surface area contributed by atoms with Gasteiger partial charge in [-0.25, -0.2) is 0 Å². The van der Waals surface area contributed by atoms with Crippen molar-refractivity contribution < 1.29 is 49.7 Å². The number of hydrogen-bond donors (Lipinski definition) is 6. The number of carbonyl (C=O) groups excluding carboxylic acids is 2. The Morgan fingerprint density at radius 1 is 0.935 bits per heavy atom. The Kier molecular flexibility index (Phi) is 6.88. The molecule has 31 heavy (non-hydrogen) atoms. The highest BCUT2D eigenvalue weighted by Crippen LogP contribution is 2.36. The first kappa shape index (κ1) is 22.7. The molecule has 0 bridgehead atoms. The zero-order valence-electron chi connectivity index (χ0n) is 16.2. The second-order valence-electron chi connectivity index (χ2n) is 7.04. The summed E-state index contributed by atoms with van der Waals surface area (Å²) in [6, 6.07) is 9.85. The summed E-state index contributed by atoms with van der Waals surface area (Å²) in [6.07, 6.45) is -8.69. The molecule has 2 aromatic rings. The third-order valence-corrected chi connectivity index (χ3v) is 4.85. The molecule has 3 rings (SSSR count). The molecule has 0 aliphatic carbocycles. The average molecular weight is 434 g/mol. The molecule has 1 heterocycles. The van der Waals surface area contributed by atoms with Crippen LogP contribution < -0.4 is 4.74 Å². The van der Waals surface area contributed by atoms with Gasteiger partial charge in [0.1, 0.15) is 47.2 Å². The van der Waals surface area contributed by atoms with Gasteiger partial charge < -0.3 is 40.1 Å². The molecule has 10 nitrogen and oxygen atoms in total. The van der Waals surface area contributed by atoms with E-state index in [2.05, 4.69) is 0 Å². The molecular weight excluding hydrogens is 412 g/mol. The number of ketones is 2. The molecule has 1 aliphatic heterocycles. The SMILES string of the molecule is O=C(CC(=O)c1c(O)cc(O)cc1O[C@@H]1O[C@H](CO)[C@@H](O)[C@H](O)[C@@H]1O)c1ccccc1. The van der Waals surface area contributed by atoms with Crippen molar-refractivity contribution >= 4 is 11.6 Å². The van der Waals surface area contributed by atoms with Gasteiger partial charge in [-0.3, -0.25) is 9.59 Å². The molecule has 0 aromatic heterocycles. The van der Waals surface area contributed by atoms with Crippen molar-refractivity contribution in [3.8, 4) is 17.2 Å². The van der Waals surface area contributed by atoms with Gasteiger partial charge in [0.05, 0.1) is 13.0 Å². The summed E-state index contributed by atoms with van der Waals surface area (Å²) in [4.78, 5) is 25.1. The van der Waals surface area contributed by atoms with Crippen LogP contribution in [0.15, 0.2) is 42.5 Å². The van der Waals surface area contributed by atoms with Gasteiger partial charge in [-0.2, -0.15) is 0 Å². The third kappa shape index (κ3) is 4.84. The molecule has 0 spiro atoms. The fourth-order valence-electron chi connectivity index (χ4n) is 3.21.